The summed E-state index contributed by atoms with van der Waals surface area (Å²) >= 11 is 16.7. The minimum atomic E-state index is -2.15. The van der Waals surface area contributed by atoms with Gasteiger partial charge in [0.1, 0.15) is 108 Å². The van der Waals surface area contributed by atoms with Crippen LogP contribution >= 0.6 is 50.5 Å². The quantitative estimate of drug-likeness (QED) is 0.0274. The van der Waals surface area contributed by atoms with Gasteiger partial charge in [0.05, 0.1) is 37.8 Å². The number of nitrogens with zero attached hydrogens (tertiary/aromatic N) is 1. The van der Waals surface area contributed by atoms with E-state index in [9.17, 15) is 136 Å². The van der Waals surface area contributed by atoms with E-state index in [0.29, 0.717) is 17.5 Å². The predicted octanol–water partition coefficient (Wildman–Crippen LogP) is -7.66. The first kappa shape index (κ1) is 120. The third-order valence-electron chi connectivity index (χ3n) is 21.2. The number of aromatic hydroxyl groups is 2. The molecule has 2 aromatic rings. The van der Waals surface area contributed by atoms with Gasteiger partial charge in [-0.3, -0.25) is 95.9 Å². The Hall–Kier alpha value is -11.9. The Morgan fingerprint density at radius 1 is 0.384 bits per heavy atom. The number of thiol groups is 4. The van der Waals surface area contributed by atoms with Crippen LogP contribution in [0.3, 0.4) is 0 Å². The highest BCUT2D eigenvalue weighted by Gasteiger charge is 2.43. The Balaban J connectivity index is 1.78. The number of carbonyl (C=O) groups is 21. The summed E-state index contributed by atoms with van der Waals surface area (Å²) in [5, 5.41) is 109. The number of phenols is 2. The fraction of sp³-hybridized carbons (Fsp3) is 0.616. The Morgan fingerprint density at radius 3 is 1.08 bits per heavy atom. The van der Waals surface area contributed by atoms with Crippen molar-refractivity contribution in [1.82, 2.24) is 90.0 Å². The Kier molecular flexibility index (Phi) is 52.4. The van der Waals surface area contributed by atoms with E-state index in [1.54, 1.807) is 67.5 Å². The number of aliphatic hydroxyl groups excluding tert-OH is 3. The maximum atomic E-state index is 14.5. The number of primary amides is 2. The van der Waals surface area contributed by atoms with Gasteiger partial charge in [0, 0.05) is 48.8 Å². The van der Waals surface area contributed by atoms with Gasteiger partial charge in [0.25, 0.3) is 0 Å². The number of nitrogens with two attached hydrogens (primary N) is 3. The molecule has 29 N–H and O–H groups in total. The number of likely N-dealkylation sites (tertiary alicyclic amines) is 1. The van der Waals surface area contributed by atoms with Crippen LogP contribution < -0.4 is 102 Å². The van der Waals surface area contributed by atoms with Gasteiger partial charge in [-0.25, -0.2) is 4.79 Å². The van der Waals surface area contributed by atoms with Crippen molar-refractivity contribution in [3.05, 3.63) is 59.7 Å². The standard InChI is InChI=1S/C86H134N20O28S4/c1-39(2)26-52(74(121)95-55(29-42(7)8)78(125)104-69(44(10)109)84(131)98-54(28-41(5)6)76(123)103-62(38-138)85(132)106-25-11-12-63(106)82(129)99-57(86(133)134)31-46-15-19-48(111)20-16-46)94-77(124)56(32-67(115)116)97-73(120)50(21-23-64(88)112)92-72(119)51(22-24-65(89)113)93-83(130)68(43(9)108)105-81(128)59(35-135)91-66(114)33-90-71(118)58(34-107)100-75(122)53(27-40(3)4)96-79(126)61(37-137)102-80(127)60(36-136)101-70(117)49(87)30-45-13-17-47(110)18-14-45/h13-20,39-44,49-63,68-69,107-111,135-138H,11-12,21-38,87H2,1-10H3,(H2,88,112)(H2,89,113)(H,90,118)(H,91,114)(H,92,119)(H,93,130)(H,94,124)(H,95,121)(H,96,126)(H,97,120)(H,98,131)(H,99,129)(H,100,122)(H,101,117)(H,102,127)(H,103,123)(H,104,125)(H,105,128)(H,115,116)(H,133,134). The van der Waals surface area contributed by atoms with E-state index >= 15 is 0 Å². The molecule has 0 aromatic heterocycles. The summed E-state index contributed by atoms with van der Waals surface area (Å²) in [5.41, 5.74) is 18.0. The van der Waals surface area contributed by atoms with E-state index in [0.717, 1.165) is 13.8 Å². The average molecular weight is 2020 g/mol. The van der Waals surface area contributed by atoms with Crippen LogP contribution in [-0.2, 0) is 114 Å². The van der Waals surface area contributed by atoms with Crippen molar-refractivity contribution >= 4 is 175 Å². The molecule has 0 saturated carbocycles. The van der Waals surface area contributed by atoms with Crippen LogP contribution in [0.5, 0.6) is 11.5 Å². The van der Waals surface area contributed by atoms with Crippen LogP contribution in [0, 0.1) is 23.7 Å². The monoisotopic (exact) mass is 2020 g/mol. The fourth-order valence-electron chi connectivity index (χ4n) is 13.9. The summed E-state index contributed by atoms with van der Waals surface area (Å²) in [4.78, 5) is 287. The Morgan fingerprint density at radius 2 is 0.703 bits per heavy atom. The molecule has 0 bridgehead atoms. The van der Waals surface area contributed by atoms with Crippen molar-refractivity contribution in [1.29, 1.82) is 0 Å². The molecule has 2 aromatic carbocycles. The topological polar surface area (TPSA) is 774 Å². The predicted molar refractivity (Wildman–Crippen MR) is 509 cm³/mol. The molecule has 48 nitrogen and oxygen atoms in total. The zero-order valence-corrected chi connectivity index (χ0v) is 81.8. The number of rotatable bonds is 61. The number of phenolic OH excluding ortho intramolecular Hbond substituents is 2. The van der Waals surface area contributed by atoms with Crippen LogP contribution in [0.2, 0.25) is 0 Å². The lowest BCUT2D eigenvalue weighted by molar-refractivity contribution is -0.144. The van der Waals surface area contributed by atoms with Crippen LogP contribution in [0.1, 0.15) is 151 Å². The summed E-state index contributed by atoms with van der Waals surface area (Å²) < 4.78 is 0. The summed E-state index contributed by atoms with van der Waals surface area (Å²) in [6.45, 7) is 13.4. The molecular formula is C86H134N20O28S4. The third kappa shape index (κ3) is 42.2. The zero-order chi connectivity index (χ0) is 104. The van der Waals surface area contributed by atoms with E-state index in [4.69, 9.17) is 17.2 Å². The third-order valence-corrected chi connectivity index (χ3v) is 22.6. The molecule has 770 valence electrons. The number of hydrogen-bond donors (Lipinski definition) is 30. The van der Waals surface area contributed by atoms with Crippen molar-refractivity contribution in [2.45, 2.75) is 268 Å². The molecule has 1 heterocycles. The number of hydrogen-bond acceptors (Lipinski definition) is 31. The van der Waals surface area contributed by atoms with Gasteiger partial charge in [0.2, 0.25) is 112 Å². The van der Waals surface area contributed by atoms with Crippen LogP contribution in [0.25, 0.3) is 0 Å². The van der Waals surface area contributed by atoms with Gasteiger partial charge < -0.3 is 143 Å². The van der Waals surface area contributed by atoms with Crippen LogP contribution in [-0.4, -0.2) is 322 Å². The van der Waals surface area contributed by atoms with Gasteiger partial charge in [-0.05, 0) is 131 Å². The maximum absolute atomic E-state index is 14.5. The van der Waals surface area contributed by atoms with Crippen LogP contribution in [0.15, 0.2) is 48.5 Å². The van der Waals surface area contributed by atoms with E-state index in [-0.39, 0.29) is 92.1 Å². The summed E-state index contributed by atoms with van der Waals surface area (Å²) in [6.07, 6.45) is -7.94. The second kappa shape index (κ2) is 60.1. The molecule has 52 heteroatoms. The lowest BCUT2D eigenvalue weighted by Crippen LogP contribution is -2.62. The summed E-state index contributed by atoms with van der Waals surface area (Å²) in [6, 6.07) is -16.0. The Labute approximate surface area is 819 Å². The number of aliphatic carboxylic acids is 2. The summed E-state index contributed by atoms with van der Waals surface area (Å²) in [5.74, 6) is -26.7. The van der Waals surface area contributed by atoms with E-state index in [1.807, 2.05) is 0 Å². The number of aliphatic hydroxyl groups is 3. The second-order valence-electron chi connectivity index (χ2n) is 34.9. The number of nitrogens with one attached hydrogen (secondary N) is 16. The molecule has 19 unspecified atom stereocenters. The van der Waals surface area contributed by atoms with E-state index in [1.165, 1.54) is 41.3 Å². The molecular weight excluding hydrogens is 1890 g/mol. The van der Waals surface area contributed by atoms with E-state index < -0.39 is 302 Å². The normalized spacial score (nSPS) is 16.3. The first-order chi connectivity index (χ1) is 64.7. The zero-order valence-electron chi connectivity index (χ0n) is 78.2. The minimum Gasteiger partial charge on any atom is -0.508 e. The maximum Gasteiger partial charge on any atom is 0.326 e. The highest BCUT2D eigenvalue weighted by molar-refractivity contribution is 7.80. The molecule has 1 saturated heterocycles. The van der Waals surface area contributed by atoms with Gasteiger partial charge in [-0.1, -0.05) is 79.7 Å². The van der Waals surface area contributed by atoms with Crippen molar-refractivity contribution in [3.63, 3.8) is 0 Å². The fourth-order valence-corrected chi connectivity index (χ4v) is 14.9. The number of carboxylic acids is 2. The molecule has 1 aliphatic heterocycles. The first-order valence-electron chi connectivity index (χ1n) is 44.5. The number of carboxylic acid groups (broad SMARTS) is 2. The number of benzene rings is 2. The van der Waals surface area contributed by atoms with Crippen molar-refractivity contribution in [2.24, 2.45) is 40.9 Å². The lowest BCUT2D eigenvalue weighted by atomic mass is 9.99. The smallest absolute Gasteiger partial charge is 0.326 e. The SMILES string of the molecule is CC(C)CC(NC(=O)C(CS)NC(=O)C(CS)NC(=O)C(N)Cc1ccc(O)cc1)C(=O)NC(CO)C(=O)NCC(=O)NC(CS)C(=O)NC(C(=O)NC(CCC(N)=O)C(=O)NC(CCC(N)=O)C(=O)NC(CC(=O)O)C(=O)NC(CC(C)C)C(=O)NC(CC(C)C)C(=O)NC(C(=O)NC(CC(C)C)C(=O)NC(CS)C(=O)N1CCCC1C(=O)NC(Cc1ccc(O)cc1)C(=O)O)C(C)O)C(C)O. The van der Waals surface area contributed by atoms with Crippen molar-refractivity contribution in [3.8, 4) is 11.5 Å². The highest BCUT2D eigenvalue weighted by Crippen LogP contribution is 2.22. The minimum absolute atomic E-state index is 0.0123. The highest BCUT2D eigenvalue weighted by atomic mass is 32.1. The molecule has 3 rings (SSSR count). The first-order valence-corrected chi connectivity index (χ1v) is 47.1. The molecule has 138 heavy (non-hydrogen) atoms. The number of amides is 19. The summed E-state index contributed by atoms with van der Waals surface area (Å²) in [7, 11) is 0. The molecule has 1 fully saturated rings. The molecule has 19 amide bonds. The van der Waals surface area contributed by atoms with Gasteiger partial charge in [-0.15, -0.1) is 0 Å². The largest absolute Gasteiger partial charge is 0.508 e. The molecule has 0 spiro atoms. The molecule has 1 aliphatic rings. The molecule has 0 aliphatic carbocycles. The van der Waals surface area contributed by atoms with Gasteiger partial charge in [-0.2, -0.15) is 50.5 Å². The van der Waals surface area contributed by atoms with Crippen LogP contribution in [0.4, 0.5) is 0 Å². The van der Waals surface area contributed by atoms with Crippen molar-refractivity contribution < 1.29 is 136 Å². The second-order valence-corrected chi connectivity index (χ2v) is 36.4. The van der Waals surface area contributed by atoms with E-state index in [2.05, 4.69) is 136 Å². The van der Waals surface area contributed by atoms with Gasteiger partial charge in [0.15, 0.2) is 0 Å². The molecule has 19 atom stereocenters. The molecule has 0 radical (unpaired) electrons. The van der Waals surface area contributed by atoms with Gasteiger partial charge >= 0.3 is 11.9 Å². The Bertz CT molecular complexity index is 4540. The average Bonchev–Trinajstić information content (AvgIpc) is 1.66. The lowest BCUT2D eigenvalue weighted by Gasteiger charge is -2.31. The number of carbonyl (C=O) groups excluding carboxylic acids is 19. The van der Waals surface area contributed by atoms with Crippen molar-refractivity contribution in [2.75, 3.05) is 42.7 Å².